The molecular formula is C25H27N3O6. The van der Waals surface area contributed by atoms with Crippen LogP contribution < -0.4 is 19.7 Å². The fourth-order valence-electron chi connectivity index (χ4n) is 5.00. The molecule has 2 aromatic carbocycles. The van der Waals surface area contributed by atoms with E-state index in [0.29, 0.717) is 59.6 Å². The molecular weight excluding hydrogens is 438 g/mol. The molecule has 0 aromatic heterocycles. The Bertz CT molecular complexity index is 1140. The largest absolute Gasteiger partial charge is 0.493 e. The monoisotopic (exact) mass is 465 g/mol. The van der Waals surface area contributed by atoms with Crippen LogP contribution in [0.15, 0.2) is 36.4 Å². The molecule has 178 valence electrons. The maximum absolute atomic E-state index is 13.7. The number of rotatable bonds is 6. The SMILES string of the molecule is COc1ccc2c(c1OC)C(=O)N1c3ccccc3C(=O)N(CC(=O)NCC3CCOCC3)C21. The number of carbonyl (C=O) groups excluding carboxylic acids is 3. The molecule has 9 nitrogen and oxygen atoms in total. The average Bonchev–Trinajstić information content (AvgIpc) is 3.17. The summed E-state index contributed by atoms with van der Waals surface area (Å²) in [5.74, 6) is 0.234. The molecule has 1 fully saturated rings. The van der Waals surface area contributed by atoms with Gasteiger partial charge in [0.05, 0.1) is 31.0 Å². The summed E-state index contributed by atoms with van der Waals surface area (Å²) in [5.41, 5.74) is 1.83. The Morgan fingerprint density at radius 2 is 1.82 bits per heavy atom. The van der Waals surface area contributed by atoms with Gasteiger partial charge in [0.15, 0.2) is 11.5 Å². The molecule has 3 amide bonds. The predicted octanol–water partition coefficient (Wildman–Crippen LogP) is 2.36. The van der Waals surface area contributed by atoms with E-state index in [1.165, 1.54) is 19.1 Å². The third-order valence-electron chi connectivity index (χ3n) is 6.73. The summed E-state index contributed by atoms with van der Waals surface area (Å²) in [6.45, 7) is 1.76. The number of methoxy groups -OCH3 is 2. The molecule has 1 unspecified atom stereocenters. The van der Waals surface area contributed by atoms with Gasteiger partial charge in [0, 0.05) is 25.3 Å². The highest BCUT2D eigenvalue weighted by Crippen LogP contribution is 2.49. The van der Waals surface area contributed by atoms with Gasteiger partial charge in [-0.2, -0.15) is 0 Å². The Morgan fingerprint density at radius 1 is 1.06 bits per heavy atom. The molecule has 0 bridgehead atoms. The first-order chi connectivity index (χ1) is 16.5. The van der Waals surface area contributed by atoms with Gasteiger partial charge in [-0.3, -0.25) is 19.3 Å². The minimum atomic E-state index is -0.751. The van der Waals surface area contributed by atoms with E-state index < -0.39 is 6.17 Å². The number of benzene rings is 2. The van der Waals surface area contributed by atoms with Crippen LogP contribution in [0.1, 0.15) is 45.3 Å². The number of ether oxygens (including phenoxy) is 3. The van der Waals surface area contributed by atoms with Crippen molar-refractivity contribution in [1.82, 2.24) is 10.2 Å². The lowest BCUT2D eigenvalue weighted by Gasteiger charge is -2.40. The van der Waals surface area contributed by atoms with E-state index in [4.69, 9.17) is 14.2 Å². The highest BCUT2D eigenvalue weighted by atomic mass is 16.5. The number of hydrogen-bond donors (Lipinski definition) is 1. The molecule has 1 N–H and O–H groups in total. The van der Waals surface area contributed by atoms with Crippen LogP contribution in [0.4, 0.5) is 5.69 Å². The number of nitrogens with one attached hydrogen (secondary N) is 1. The normalized spacial score (nSPS) is 19.4. The van der Waals surface area contributed by atoms with Crippen molar-refractivity contribution < 1.29 is 28.6 Å². The number of amides is 3. The molecule has 0 spiro atoms. The molecule has 0 saturated carbocycles. The molecule has 34 heavy (non-hydrogen) atoms. The quantitative estimate of drug-likeness (QED) is 0.704. The molecule has 5 rings (SSSR count). The van der Waals surface area contributed by atoms with Gasteiger partial charge in [0.1, 0.15) is 12.7 Å². The van der Waals surface area contributed by atoms with Gasteiger partial charge in [-0.05, 0) is 37.0 Å². The Balaban J connectivity index is 1.50. The van der Waals surface area contributed by atoms with E-state index >= 15 is 0 Å². The summed E-state index contributed by atoms with van der Waals surface area (Å²) in [4.78, 5) is 43.1. The van der Waals surface area contributed by atoms with Crippen molar-refractivity contribution in [3.05, 3.63) is 53.1 Å². The van der Waals surface area contributed by atoms with Crippen LogP contribution in [-0.2, 0) is 9.53 Å². The van der Waals surface area contributed by atoms with Crippen LogP contribution in [-0.4, -0.2) is 63.1 Å². The van der Waals surface area contributed by atoms with E-state index in [-0.39, 0.29) is 24.3 Å². The van der Waals surface area contributed by atoms with E-state index in [0.717, 1.165) is 12.8 Å². The molecule has 2 aromatic rings. The Morgan fingerprint density at radius 3 is 2.56 bits per heavy atom. The minimum Gasteiger partial charge on any atom is -0.493 e. The van der Waals surface area contributed by atoms with Gasteiger partial charge < -0.3 is 24.4 Å². The van der Waals surface area contributed by atoms with Gasteiger partial charge in [-0.25, -0.2) is 0 Å². The highest BCUT2D eigenvalue weighted by molar-refractivity contribution is 6.18. The number of para-hydroxylation sites is 1. The number of nitrogens with zero attached hydrogens (tertiary/aromatic N) is 2. The summed E-state index contributed by atoms with van der Waals surface area (Å²) in [5, 5.41) is 2.96. The lowest BCUT2D eigenvalue weighted by molar-refractivity contribution is -0.122. The summed E-state index contributed by atoms with van der Waals surface area (Å²) in [7, 11) is 2.98. The van der Waals surface area contributed by atoms with E-state index in [9.17, 15) is 14.4 Å². The number of carbonyl (C=O) groups is 3. The van der Waals surface area contributed by atoms with Gasteiger partial charge in [-0.1, -0.05) is 18.2 Å². The second kappa shape index (κ2) is 8.98. The average molecular weight is 466 g/mol. The van der Waals surface area contributed by atoms with Crippen LogP contribution in [0.2, 0.25) is 0 Å². The van der Waals surface area contributed by atoms with Crippen molar-refractivity contribution in [1.29, 1.82) is 0 Å². The van der Waals surface area contributed by atoms with Crippen LogP contribution >= 0.6 is 0 Å². The van der Waals surface area contributed by atoms with Crippen molar-refractivity contribution in [3.8, 4) is 11.5 Å². The minimum absolute atomic E-state index is 0.168. The molecule has 3 aliphatic rings. The summed E-state index contributed by atoms with van der Waals surface area (Å²) in [6, 6.07) is 10.4. The molecule has 3 heterocycles. The smallest absolute Gasteiger partial charge is 0.264 e. The summed E-state index contributed by atoms with van der Waals surface area (Å²) in [6.07, 6.45) is 1.05. The molecule has 1 saturated heterocycles. The zero-order chi connectivity index (χ0) is 23.8. The topological polar surface area (TPSA) is 97.4 Å². The van der Waals surface area contributed by atoms with E-state index in [1.807, 2.05) is 0 Å². The standard InChI is InChI=1S/C25H27N3O6/c1-32-19-8-7-17-21(22(19)33-2)25(31)28-18-6-4-3-5-16(18)24(30)27(23(17)28)14-20(29)26-13-15-9-11-34-12-10-15/h3-8,15,23H,9-14H2,1-2H3,(H,26,29). The molecule has 0 aliphatic carbocycles. The number of anilines is 1. The van der Waals surface area contributed by atoms with Crippen LogP contribution in [0.5, 0.6) is 11.5 Å². The van der Waals surface area contributed by atoms with Gasteiger partial charge in [0.25, 0.3) is 11.8 Å². The van der Waals surface area contributed by atoms with Gasteiger partial charge >= 0.3 is 0 Å². The van der Waals surface area contributed by atoms with E-state index in [2.05, 4.69) is 5.32 Å². The maximum atomic E-state index is 13.7. The van der Waals surface area contributed by atoms with E-state index in [1.54, 1.807) is 41.3 Å². The Kier molecular flexibility index (Phi) is 5.87. The molecule has 1 atom stereocenters. The first-order valence-electron chi connectivity index (χ1n) is 11.4. The summed E-state index contributed by atoms with van der Waals surface area (Å²) >= 11 is 0. The second-order valence-corrected chi connectivity index (χ2v) is 8.62. The highest BCUT2D eigenvalue weighted by Gasteiger charge is 2.50. The molecule has 0 radical (unpaired) electrons. The number of fused-ring (bicyclic) bond motifs is 5. The maximum Gasteiger partial charge on any atom is 0.264 e. The first kappa shape index (κ1) is 22.2. The van der Waals surface area contributed by atoms with Gasteiger partial charge in [-0.15, -0.1) is 0 Å². The zero-order valence-corrected chi connectivity index (χ0v) is 19.2. The van der Waals surface area contributed by atoms with Gasteiger partial charge in [0.2, 0.25) is 5.91 Å². The van der Waals surface area contributed by atoms with Crippen LogP contribution in [0.25, 0.3) is 0 Å². The fraction of sp³-hybridized carbons (Fsp3) is 0.400. The lowest BCUT2D eigenvalue weighted by Crippen LogP contribution is -2.51. The summed E-state index contributed by atoms with van der Waals surface area (Å²) < 4.78 is 16.3. The molecule has 3 aliphatic heterocycles. The van der Waals surface area contributed by atoms with Crippen molar-refractivity contribution in [2.24, 2.45) is 5.92 Å². The lowest BCUT2D eigenvalue weighted by atomic mass is 10.0. The zero-order valence-electron chi connectivity index (χ0n) is 19.2. The third kappa shape index (κ3) is 3.56. The van der Waals surface area contributed by atoms with Crippen molar-refractivity contribution in [2.45, 2.75) is 19.0 Å². The Labute approximate surface area is 197 Å². The predicted molar refractivity (Wildman–Crippen MR) is 123 cm³/mol. The van der Waals surface area contributed by atoms with Crippen LogP contribution in [0, 0.1) is 5.92 Å². The third-order valence-corrected chi connectivity index (χ3v) is 6.73. The first-order valence-corrected chi connectivity index (χ1v) is 11.4. The fourth-order valence-corrected chi connectivity index (χ4v) is 5.00. The molecule has 9 heteroatoms. The van der Waals surface area contributed by atoms with Crippen molar-refractivity contribution >= 4 is 23.4 Å². The Hall–Kier alpha value is -3.59. The van der Waals surface area contributed by atoms with Crippen molar-refractivity contribution in [3.63, 3.8) is 0 Å². The van der Waals surface area contributed by atoms with Crippen molar-refractivity contribution in [2.75, 3.05) is 45.4 Å². The van der Waals surface area contributed by atoms with Crippen LogP contribution in [0.3, 0.4) is 0 Å². The second-order valence-electron chi connectivity index (χ2n) is 8.62. The number of hydrogen-bond acceptors (Lipinski definition) is 6.